The molecule has 0 saturated carbocycles. The number of ether oxygens (including phenoxy) is 1. The zero-order valence-corrected chi connectivity index (χ0v) is 11.5. The van der Waals surface area contributed by atoms with Gasteiger partial charge in [-0.05, 0) is 30.5 Å². The molecule has 7 heteroatoms. The molecule has 0 bridgehead atoms. The molecule has 110 valence electrons. The van der Waals surface area contributed by atoms with E-state index in [4.69, 9.17) is 10.6 Å². The van der Waals surface area contributed by atoms with Crippen LogP contribution in [0.1, 0.15) is 12.0 Å². The first kappa shape index (κ1) is 14.7. The number of nitrogens with one attached hydrogen (secondary N) is 1. The highest BCUT2D eigenvalue weighted by Gasteiger charge is 2.23. The van der Waals surface area contributed by atoms with Gasteiger partial charge in [0.05, 0.1) is 11.5 Å². The number of likely N-dealkylation sites (tertiary alicyclic amines) is 1. The minimum atomic E-state index is -0.441. The van der Waals surface area contributed by atoms with Crippen LogP contribution in [0.15, 0.2) is 18.2 Å². The number of nitrogen functional groups attached to an aromatic ring is 1. The number of nitrogens with two attached hydrogens (primary N) is 1. The van der Waals surface area contributed by atoms with Gasteiger partial charge >= 0.3 is 0 Å². The molecule has 1 heterocycles. The Hall–Kier alpha value is -1.70. The van der Waals surface area contributed by atoms with Crippen LogP contribution in [-0.2, 0) is 11.3 Å². The maximum atomic E-state index is 10.8. The van der Waals surface area contributed by atoms with Crippen molar-refractivity contribution in [2.24, 2.45) is 11.8 Å². The molecular weight excluding hydrogens is 260 g/mol. The van der Waals surface area contributed by atoms with Crippen LogP contribution in [0.5, 0.6) is 0 Å². The lowest BCUT2D eigenvalue weighted by Crippen LogP contribution is -2.21. The van der Waals surface area contributed by atoms with Crippen LogP contribution in [0.3, 0.4) is 0 Å². The van der Waals surface area contributed by atoms with Crippen molar-refractivity contribution >= 4 is 11.4 Å². The van der Waals surface area contributed by atoms with Crippen LogP contribution in [0.4, 0.5) is 11.4 Å². The van der Waals surface area contributed by atoms with Gasteiger partial charge < -0.3 is 10.2 Å². The number of rotatable bonds is 6. The Bertz CT molecular complexity index is 481. The fraction of sp³-hybridized carbons (Fsp3) is 0.538. The molecule has 0 aromatic heterocycles. The molecule has 2 rings (SSSR count). The second-order valence-corrected chi connectivity index (χ2v) is 5.10. The molecule has 20 heavy (non-hydrogen) atoms. The van der Waals surface area contributed by atoms with Gasteiger partial charge in [-0.2, -0.15) is 0 Å². The standard InChI is InChI=1S/C13H20N4O3/c1-20-9-11-4-5-16(8-11)7-10-2-3-13(17(18)19)12(6-10)15-14/h2-3,6,11,15H,4-5,7-9,14H2,1H3. The summed E-state index contributed by atoms with van der Waals surface area (Å²) in [4.78, 5) is 12.7. The summed E-state index contributed by atoms with van der Waals surface area (Å²) >= 11 is 0. The van der Waals surface area contributed by atoms with Crippen molar-refractivity contribution in [3.63, 3.8) is 0 Å². The maximum absolute atomic E-state index is 10.8. The number of hydrogen-bond donors (Lipinski definition) is 2. The average molecular weight is 280 g/mol. The van der Waals surface area contributed by atoms with Crippen LogP contribution < -0.4 is 11.3 Å². The zero-order chi connectivity index (χ0) is 14.5. The molecule has 0 aliphatic carbocycles. The molecule has 1 atom stereocenters. The molecule has 0 radical (unpaired) electrons. The minimum Gasteiger partial charge on any atom is -0.384 e. The quantitative estimate of drug-likeness (QED) is 0.464. The summed E-state index contributed by atoms with van der Waals surface area (Å²) in [6.45, 7) is 3.58. The van der Waals surface area contributed by atoms with Crippen LogP contribution in [0.2, 0.25) is 0 Å². The summed E-state index contributed by atoms with van der Waals surface area (Å²) in [5.41, 5.74) is 3.75. The third kappa shape index (κ3) is 3.44. The summed E-state index contributed by atoms with van der Waals surface area (Å²) in [5.74, 6) is 5.92. The SMILES string of the molecule is COCC1CCN(Cc2ccc([N+](=O)[O-])c(NN)c2)C1. The van der Waals surface area contributed by atoms with Gasteiger partial charge in [0, 0.05) is 26.3 Å². The van der Waals surface area contributed by atoms with Crippen LogP contribution >= 0.6 is 0 Å². The van der Waals surface area contributed by atoms with Crippen LogP contribution in [0.25, 0.3) is 0 Å². The van der Waals surface area contributed by atoms with Crippen molar-refractivity contribution in [2.75, 3.05) is 32.2 Å². The normalized spacial score (nSPS) is 19.2. The van der Waals surface area contributed by atoms with E-state index < -0.39 is 4.92 Å². The highest BCUT2D eigenvalue weighted by molar-refractivity contribution is 5.62. The largest absolute Gasteiger partial charge is 0.384 e. The number of hydrogen-bond acceptors (Lipinski definition) is 6. The Labute approximate surface area is 117 Å². The molecule has 1 aliphatic heterocycles. The number of methoxy groups -OCH3 is 1. The summed E-state index contributed by atoms with van der Waals surface area (Å²) in [6.07, 6.45) is 1.13. The summed E-state index contributed by atoms with van der Waals surface area (Å²) in [6, 6.07) is 5.01. The summed E-state index contributed by atoms with van der Waals surface area (Å²) in [5, 5.41) is 10.8. The van der Waals surface area contributed by atoms with E-state index >= 15 is 0 Å². The Morgan fingerprint density at radius 2 is 2.40 bits per heavy atom. The topological polar surface area (TPSA) is 93.7 Å². The third-order valence-corrected chi connectivity index (χ3v) is 3.59. The number of hydrazine groups is 1. The molecule has 1 unspecified atom stereocenters. The van der Waals surface area contributed by atoms with Gasteiger partial charge in [0.2, 0.25) is 0 Å². The van der Waals surface area contributed by atoms with Crippen molar-refractivity contribution in [2.45, 2.75) is 13.0 Å². The Kier molecular flexibility index (Phi) is 4.89. The van der Waals surface area contributed by atoms with E-state index in [1.807, 2.05) is 0 Å². The van der Waals surface area contributed by atoms with Gasteiger partial charge in [-0.3, -0.25) is 20.9 Å². The second-order valence-electron chi connectivity index (χ2n) is 5.10. The lowest BCUT2D eigenvalue weighted by molar-refractivity contribution is -0.384. The lowest BCUT2D eigenvalue weighted by Gasteiger charge is -2.16. The van der Waals surface area contributed by atoms with Crippen molar-refractivity contribution in [1.29, 1.82) is 0 Å². The number of benzene rings is 1. The van der Waals surface area contributed by atoms with Gasteiger partial charge in [-0.1, -0.05) is 6.07 Å². The lowest BCUT2D eigenvalue weighted by atomic mass is 10.1. The molecule has 0 spiro atoms. The number of nitrogens with zero attached hydrogens (tertiary/aromatic N) is 2. The number of nitro groups is 1. The second kappa shape index (κ2) is 6.65. The fourth-order valence-corrected chi connectivity index (χ4v) is 2.64. The van der Waals surface area contributed by atoms with Crippen LogP contribution in [-0.4, -0.2) is 36.6 Å². The van der Waals surface area contributed by atoms with Crippen molar-refractivity contribution in [1.82, 2.24) is 4.90 Å². The Morgan fingerprint density at radius 1 is 1.60 bits per heavy atom. The Morgan fingerprint density at radius 3 is 3.05 bits per heavy atom. The molecule has 1 fully saturated rings. The number of nitro benzene ring substituents is 1. The van der Waals surface area contributed by atoms with Gasteiger partial charge in [0.15, 0.2) is 0 Å². The monoisotopic (exact) mass is 280 g/mol. The first-order valence-corrected chi connectivity index (χ1v) is 6.59. The summed E-state index contributed by atoms with van der Waals surface area (Å²) in [7, 11) is 1.72. The van der Waals surface area contributed by atoms with Gasteiger partial charge in [0.1, 0.15) is 5.69 Å². The van der Waals surface area contributed by atoms with E-state index in [-0.39, 0.29) is 5.69 Å². The van der Waals surface area contributed by atoms with E-state index in [1.165, 1.54) is 6.07 Å². The smallest absolute Gasteiger partial charge is 0.293 e. The van der Waals surface area contributed by atoms with Crippen LogP contribution in [0, 0.1) is 16.0 Å². The molecule has 7 nitrogen and oxygen atoms in total. The maximum Gasteiger partial charge on any atom is 0.293 e. The molecule has 1 saturated heterocycles. The molecule has 1 aromatic rings. The number of anilines is 1. The van der Waals surface area contributed by atoms with Crippen molar-refractivity contribution in [3.05, 3.63) is 33.9 Å². The fourth-order valence-electron chi connectivity index (χ4n) is 2.64. The van der Waals surface area contributed by atoms with E-state index in [9.17, 15) is 10.1 Å². The van der Waals surface area contributed by atoms with E-state index in [1.54, 1.807) is 19.2 Å². The van der Waals surface area contributed by atoms with Crippen molar-refractivity contribution < 1.29 is 9.66 Å². The molecule has 0 amide bonds. The molecule has 1 aromatic carbocycles. The van der Waals surface area contributed by atoms with Gasteiger partial charge in [0.25, 0.3) is 5.69 Å². The predicted molar refractivity (Wildman–Crippen MR) is 76.2 cm³/mol. The average Bonchev–Trinajstić information content (AvgIpc) is 2.86. The van der Waals surface area contributed by atoms with Crippen molar-refractivity contribution in [3.8, 4) is 0 Å². The van der Waals surface area contributed by atoms with Gasteiger partial charge in [-0.25, -0.2) is 0 Å². The first-order valence-electron chi connectivity index (χ1n) is 6.59. The molecular formula is C13H20N4O3. The Balaban J connectivity index is 2.02. The zero-order valence-electron chi connectivity index (χ0n) is 11.5. The van der Waals surface area contributed by atoms with E-state index in [0.29, 0.717) is 11.6 Å². The highest BCUT2D eigenvalue weighted by atomic mass is 16.6. The molecule has 1 aliphatic rings. The third-order valence-electron chi connectivity index (χ3n) is 3.59. The molecule has 3 N–H and O–H groups in total. The van der Waals surface area contributed by atoms with Gasteiger partial charge in [-0.15, -0.1) is 0 Å². The summed E-state index contributed by atoms with van der Waals surface area (Å²) < 4.78 is 5.17. The van der Waals surface area contributed by atoms with E-state index in [0.717, 1.165) is 38.2 Å². The van der Waals surface area contributed by atoms with E-state index in [2.05, 4.69) is 10.3 Å². The first-order chi connectivity index (χ1) is 9.63. The predicted octanol–water partition coefficient (Wildman–Crippen LogP) is 1.35. The minimum absolute atomic E-state index is 0.00469. The highest BCUT2D eigenvalue weighted by Crippen LogP contribution is 2.26.